The molecule has 2 aromatic rings. The van der Waals surface area contributed by atoms with Crippen LogP contribution in [-0.2, 0) is 32.2 Å². The molecule has 0 heterocycles. The topological polar surface area (TPSA) is 44.8 Å². The van der Waals surface area contributed by atoms with Gasteiger partial charge in [-0.2, -0.15) is 0 Å². The van der Waals surface area contributed by atoms with Gasteiger partial charge in [-0.3, -0.25) is 0 Å². The van der Waals surface area contributed by atoms with Gasteiger partial charge in [0, 0.05) is 0 Å². The van der Waals surface area contributed by atoms with Crippen LogP contribution in [0.3, 0.4) is 0 Å². The Morgan fingerprint density at radius 2 is 1.29 bits per heavy atom. The van der Waals surface area contributed by atoms with Crippen LogP contribution in [0.25, 0.3) is 0 Å². The first kappa shape index (κ1) is 15.2. The quantitative estimate of drug-likeness (QED) is 0.425. The molecule has 0 amide bonds. The van der Waals surface area contributed by atoms with Crippen LogP contribution in [0.1, 0.15) is 11.1 Å². The van der Waals surface area contributed by atoms with Gasteiger partial charge in [-0.15, -0.1) is 0 Å². The van der Waals surface area contributed by atoms with Crippen LogP contribution in [0.2, 0.25) is 0 Å². The molecular formula is C17H18O4. The Bertz CT molecular complexity index is 525. The molecule has 21 heavy (non-hydrogen) atoms. The Morgan fingerprint density at radius 1 is 0.762 bits per heavy atom. The lowest BCUT2D eigenvalue weighted by Gasteiger charge is -2.07. The number of hydrogen-bond donors (Lipinski definition) is 0. The van der Waals surface area contributed by atoms with E-state index in [1.165, 1.54) is 0 Å². The summed E-state index contributed by atoms with van der Waals surface area (Å²) in [5.41, 5.74) is 2.06. The molecule has 0 aromatic heterocycles. The highest BCUT2D eigenvalue weighted by Crippen LogP contribution is 2.01. The summed E-state index contributed by atoms with van der Waals surface area (Å²) in [5.74, 6) is -0.431. The fourth-order valence-electron chi connectivity index (χ4n) is 1.71. The lowest BCUT2D eigenvalue weighted by Crippen LogP contribution is -2.14. The average molecular weight is 286 g/mol. The van der Waals surface area contributed by atoms with Gasteiger partial charge in [0.2, 0.25) is 0 Å². The normalized spacial score (nSPS) is 10.3. The highest BCUT2D eigenvalue weighted by Gasteiger charge is 2.03. The monoisotopic (exact) mass is 286 g/mol. The first-order valence-corrected chi connectivity index (χ1v) is 6.73. The van der Waals surface area contributed by atoms with Gasteiger partial charge < -0.3 is 14.2 Å². The van der Waals surface area contributed by atoms with Crippen LogP contribution in [0.15, 0.2) is 60.7 Å². The van der Waals surface area contributed by atoms with Crippen LogP contribution in [-0.4, -0.2) is 19.4 Å². The number of esters is 1. The number of carbonyl (C=O) groups is 1. The third-order valence-corrected chi connectivity index (χ3v) is 2.75. The van der Waals surface area contributed by atoms with Crippen molar-refractivity contribution in [1.29, 1.82) is 0 Å². The van der Waals surface area contributed by atoms with E-state index >= 15 is 0 Å². The van der Waals surface area contributed by atoms with Crippen molar-refractivity contribution in [2.45, 2.75) is 13.2 Å². The van der Waals surface area contributed by atoms with Crippen LogP contribution in [0.5, 0.6) is 0 Å². The molecule has 0 spiro atoms. The van der Waals surface area contributed by atoms with Crippen LogP contribution >= 0.6 is 0 Å². The molecule has 2 aromatic carbocycles. The molecule has 0 radical (unpaired) electrons. The van der Waals surface area contributed by atoms with Gasteiger partial charge in [0.15, 0.2) is 6.79 Å². The zero-order valence-electron chi connectivity index (χ0n) is 11.7. The summed E-state index contributed by atoms with van der Waals surface area (Å²) in [6.07, 6.45) is 0. The average Bonchev–Trinajstić information content (AvgIpc) is 2.54. The molecule has 4 nitrogen and oxygen atoms in total. The van der Waals surface area contributed by atoms with Crippen molar-refractivity contribution < 1.29 is 19.0 Å². The Hall–Kier alpha value is -2.17. The highest BCUT2D eigenvalue weighted by molar-refractivity contribution is 5.70. The van der Waals surface area contributed by atoms with Crippen LogP contribution in [0, 0.1) is 0 Å². The molecule has 0 aliphatic carbocycles. The summed E-state index contributed by atoms with van der Waals surface area (Å²) < 4.78 is 15.4. The summed E-state index contributed by atoms with van der Waals surface area (Å²) in [4.78, 5) is 11.4. The predicted octanol–water partition coefficient (Wildman–Crippen LogP) is 2.92. The summed E-state index contributed by atoms with van der Waals surface area (Å²) in [5, 5.41) is 0. The number of carbonyl (C=O) groups excluding carboxylic acids is 1. The zero-order valence-corrected chi connectivity index (χ0v) is 11.7. The number of hydrogen-bond acceptors (Lipinski definition) is 4. The van der Waals surface area contributed by atoms with Crippen molar-refractivity contribution in [1.82, 2.24) is 0 Å². The molecule has 2 rings (SSSR count). The minimum Gasteiger partial charge on any atom is -0.437 e. The van der Waals surface area contributed by atoms with Crippen molar-refractivity contribution in [3.05, 3.63) is 71.8 Å². The smallest absolute Gasteiger partial charge is 0.334 e. The fourth-order valence-corrected chi connectivity index (χ4v) is 1.71. The molecule has 0 saturated heterocycles. The largest absolute Gasteiger partial charge is 0.437 e. The first-order valence-electron chi connectivity index (χ1n) is 6.73. The minimum absolute atomic E-state index is 0.0670. The van der Waals surface area contributed by atoms with E-state index in [-0.39, 0.29) is 13.4 Å². The molecule has 110 valence electrons. The molecule has 0 aliphatic rings. The van der Waals surface area contributed by atoms with E-state index in [4.69, 9.17) is 14.2 Å². The molecule has 0 saturated carbocycles. The standard InChI is InChI=1S/C17H18O4/c18-17(13-19-11-15-7-3-1-4-8-15)21-14-20-12-16-9-5-2-6-10-16/h1-10H,11-14H2. The Kier molecular flexibility index (Phi) is 6.45. The van der Waals surface area contributed by atoms with E-state index in [2.05, 4.69) is 0 Å². The van der Waals surface area contributed by atoms with Crippen molar-refractivity contribution in [3.8, 4) is 0 Å². The second-order valence-corrected chi connectivity index (χ2v) is 4.45. The van der Waals surface area contributed by atoms with Gasteiger partial charge in [0.25, 0.3) is 0 Å². The van der Waals surface area contributed by atoms with Gasteiger partial charge in [-0.25, -0.2) is 4.79 Å². The maximum absolute atomic E-state index is 11.4. The first-order chi connectivity index (χ1) is 10.3. The molecule has 0 N–H and O–H groups in total. The summed E-state index contributed by atoms with van der Waals surface area (Å²) in [6.45, 7) is 0.659. The lowest BCUT2D eigenvalue weighted by molar-refractivity contribution is -0.162. The predicted molar refractivity (Wildman–Crippen MR) is 78.3 cm³/mol. The van der Waals surface area contributed by atoms with Gasteiger partial charge in [-0.1, -0.05) is 60.7 Å². The van der Waals surface area contributed by atoms with Gasteiger partial charge >= 0.3 is 5.97 Å². The minimum atomic E-state index is -0.431. The second kappa shape index (κ2) is 8.89. The van der Waals surface area contributed by atoms with Gasteiger partial charge in [0.05, 0.1) is 13.2 Å². The Morgan fingerprint density at radius 3 is 1.86 bits per heavy atom. The number of benzene rings is 2. The van der Waals surface area contributed by atoms with E-state index < -0.39 is 5.97 Å². The van der Waals surface area contributed by atoms with Crippen molar-refractivity contribution in [2.75, 3.05) is 13.4 Å². The maximum atomic E-state index is 11.4. The second-order valence-electron chi connectivity index (χ2n) is 4.45. The van der Waals surface area contributed by atoms with Gasteiger partial charge in [-0.05, 0) is 11.1 Å². The fraction of sp³-hybridized carbons (Fsp3) is 0.235. The number of ether oxygens (including phenoxy) is 3. The summed E-state index contributed by atoms with van der Waals surface area (Å²) in [6, 6.07) is 19.4. The third-order valence-electron chi connectivity index (χ3n) is 2.75. The maximum Gasteiger partial charge on any atom is 0.334 e. The molecule has 0 aliphatic heterocycles. The van der Waals surface area contributed by atoms with Crippen molar-refractivity contribution in [2.24, 2.45) is 0 Å². The SMILES string of the molecule is O=C(COCc1ccccc1)OCOCc1ccccc1. The van der Waals surface area contributed by atoms with E-state index in [0.29, 0.717) is 13.2 Å². The molecule has 0 unspecified atom stereocenters. The molecule has 4 heteroatoms. The molecule has 0 bridgehead atoms. The number of rotatable bonds is 8. The summed E-state index contributed by atoms with van der Waals surface area (Å²) in [7, 11) is 0. The van der Waals surface area contributed by atoms with E-state index in [1.807, 2.05) is 60.7 Å². The summed E-state index contributed by atoms with van der Waals surface area (Å²) >= 11 is 0. The Balaban J connectivity index is 1.54. The van der Waals surface area contributed by atoms with Crippen LogP contribution in [0.4, 0.5) is 0 Å². The lowest BCUT2D eigenvalue weighted by atomic mass is 10.2. The molecule has 0 atom stereocenters. The third kappa shape index (κ3) is 6.21. The van der Waals surface area contributed by atoms with E-state index in [9.17, 15) is 4.79 Å². The molecular weight excluding hydrogens is 268 g/mol. The zero-order chi connectivity index (χ0) is 14.8. The van der Waals surface area contributed by atoms with Crippen LogP contribution < -0.4 is 0 Å². The van der Waals surface area contributed by atoms with Crippen molar-refractivity contribution in [3.63, 3.8) is 0 Å². The highest BCUT2D eigenvalue weighted by atomic mass is 16.7. The van der Waals surface area contributed by atoms with Crippen molar-refractivity contribution >= 4 is 5.97 Å². The Labute approximate surface area is 124 Å². The van der Waals surface area contributed by atoms with E-state index in [0.717, 1.165) is 11.1 Å². The van der Waals surface area contributed by atoms with Gasteiger partial charge in [0.1, 0.15) is 6.61 Å². The van der Waals surface area contributed by atoms with E-state index in [1.54, 1.807) is 0 Å². The molecule has 0 fully saturated rings.